The number of carbonyl (C=O) groups excluding carboxylic acids is 1. The van der Waals surface area contributed by atoms with Gasteiger partial charge in [0.25, 0.3) is 5.91 Å². The number of benzene rings is 1. The molecule has 0 radical (unpaired) electrons. The zero-order chi connectivity index (χ0) is 19.1. The highest BCUT2D eigenvalue weighted by Crippen LogP contribution is 2.27. The van der Waals surface area contributed by atoms with Crippen LogP contribution in [0.5, 0.6) is 5.75 Å². The number of nitrogens with one attached hydrogen (secondary N) is 2. The zero-order valence-electron chi connectivity index (χ0n) is 15.3. The predicted octanol–water partition coefficient (Wildman–Crippen LogP) is 4.69. The van der Waals surface area contributed by atoms with Gasteiger partial charge in [-0.2, -0.15) is 0 Å². The first-order valence-electron chi connectivity index (χ1n) is 9.04. The van der Waals surface area contributed by atoms with Crippen molar-refractivity contribution in [1.82, 2.24) is 9.97 Å². The SMILES string of the molecule is COc1ccc(NC(=O)c2cc(NCCC3=CCCCC3)ncn2)cc1Cl. The lowest BCUT2D eigenvalue weighted by Gasteiger charge is -2.13. The van der Waals surface area contributed by atoms with E-state index in [0.29, 0.717) is 22.3 Å². The summed E-state index contributed by atoms with van der Waals surface area (Å²) in [7, 11) is 1.54. The number of methoxy groups -OCH3 is 1. The van der Waals surface area contributed by atoms with Crippen molar-refractivity contribution in [2.24, 2.45) is 0 Å². The number of hydrogen-bond donors (Lipinski definition) is 2. The number of rotatable bonds is 7. The molecule has 1 aliphatic carbocycles. The molecule has 0 bridgehead atoms. The molecule has 1 aromatic carbocycles. The van der Waals surface area contributed by atoms with E-state index in [1.807, 2.05) is 0 Å². The van der Waals surface area contributed by atoms with Gasteiger partial charge in [0.1, 0.15) is 23.6 Å². The minimum absolute atomic E-state index is 0.288. The minimum Gasteiger partial charge on any atom is -0.495 e. The second-order valence-corrected chi connectivity index (χ2v) is 6.78. The number of carbonyl (C=O) groups is 1. The van der Waals surface area contributed by atoms with E-state index in [9.17, 15) is 4.79 Å². The molecule has 1 aliphatic rings. The van der Waals surface area contributed by atoms with Gasteiger partial charge in [-0.3, -0.25) is 4.79 Å². The van der Waals surface area contributed by atoms with Crippen molar-refractivity contribution in [2.75, 3.05) is 24.3 Å². The molecule has 7 heteroatoms. The number of aromatic nitrogens is 2. The number of halogens is 1. The van der Waals surface area contributed by atoms with Crippen LogP contribution in [0.4, 0.5) is 11.5 Å². The highest BCUT2D eigenvalue weighted by Gasteiger charge is 2.11. The van der Waals surface area contributed by atoms with E-state index >= 15 is 0 Å². The molecule has 0 saturated heterocycles. The number of anilines is 2. The molecule has 0 atom stereocenters. The van der Waals surface area contributed by atoms with Crippen molar-refractivity contribution < 1.29 is 9.53 Å². The first-order valence-corrected chi connectivity index (χ1v) is 9.42. The molecule has 142 valence electrons. The normalized spacial score (nSPS) is 13.6. The topological polar surface area (TPSA) is 76.1 Å². The van der Waals surface area contributed by atoms with Crippen LogP contribution in [0.2, 0.25) is 5.02 Å². The van der Waals surface area contributed by atoms with Crippen LogP contribution >= 0.6 is 11.6 Å². The molecule has 2 aromatic rings. The Morgan fingerprint density at radius 1 is 1.26 bits per heavy atom. The largest absolute Gasteiger partial charge is 0.495 e. The maximum atomic E-state index is 12.4. The van der Waals surface area contributed by atoms with Gasteiger partial charge in [0.2, 0.25) is 0 Å². The highest BCUT2D eigenvalue weighted by atomic mass is 35.5. The van der Waals surface area contributed by atoms with E-state index in [2.05, 4.69) is 26.7 Å². The van der Waals surface area contributed by atoms with Crippen molar-refractivity contribution in [3.63, 3.8) is 0 Å². The molecule has 0 saturated carbocycles. The number of nitrogens with zero attached hydrogens (tertiary/aromatic N) is 2. The average molecular weight is 387 g/mol. The van der Waals surface area contributed by atoms with E-state index in [0.717, 1.165) is 13.0 Å². The third kappa shape index (κ3) is 5.44. The molecule has 2 N–H and O–H groups in total. The van der Waals surface area contributed by atoms with E-state index in [1.54, 1.807) is 31.4 Å². The number of amides is 1. The van der Waals surface area contributed by atoms with Gasteiger partial charge in [0.05, 0.1) is 12.1 Å². The number of allylic oxidation sites excluding steroid dienone is 1. The molecule has 27 heavy (non-hydrogen) atoms. The molecule has 0 unspecified atom stereocenters. The molecule has 6 nitrogen and oxygen atoms in total. The van der Waals surface area contributed by atoms with Crippen LogP contribution in [0, 0.1) is 0 Å². The number of ether oxygens (including phenoxy) is 1. The van der Waals surface area contributed by atoms with Gasteiger partial charge in [-0.05, 0) is 50.3 Å². The van der Waals surface area contributed by atoms with E-state index in [-0.39, 0.29) is 11.6 Å². The first-order chi connectivity index (χ1) is 13.2. The maximum absolute atomic E-state index is 12.4. The summed E-state index contributed by atoms with van der Waals surface area (Å²) in [6, 6.07) is 6.71. The summed E-state index contributed by atoms with van der Waals surface area (Å²) >= 11 is 6.09. The van der Waals surface area contributed by atoms with Crippen molar-refractivity contribution >= 4 is 29.0 Å². The van der Waals surface area contributed by atoms with Gasteiger partial charge in [-0.25, -0.2) is 9.97 Å². The quantitative estimate of drug-likeness (QED) is 0.675. The van der Waals surface area contributed by atoms with Gasteiger partial charge in [-0.15, -0.1) is 0 Å². The summed E-state index contributed by atoms with van der Waals surface area (Å²) in [5, 5.41) is 6.47. The molecular weight excluding hydrogens is 364 g/mol. The van der Waals surface area contributed by atoms with Crippen molar-refractivity contribution in [3.8, 4) is 5.75 Å². The Morgan fingerprint density at radius 2 is 2.15 bits per heavy atom. The second-order valence-electron chi connectivity index (χ2n) is 6.38. The molecule has 0 fully saturated rings. The molecule has 3 rings (SSSR count). The Kier molecular flexibility index (Phi) is 6.65. The summed E-state index contributed by atoms with van der Waals surface area (Å²) in [5.41, 5.74) is 2.36. The summed E-state index contributed by atoms with van der Waals surface area (Å²) in [6.45, 7) is 0.790. The van der Waals surface area contributed by atoms with E-state index in [4.69, 9.17) is 16.3 Å². The first kappa shape index (κ1) is 19.2. The van der Waals surface area contributed by atoms with Crippen LogP contribution in [0.25, 0.3) is 0 Å². The Labute approximate surface area is 164 Å². The lowest BCUT2D eigenvalue weighted by atomic mass is 9.97. The van der Waals surface area contributed by atoms with Gasteiger partial charge in [-0.1, -0.05) is 23.3 Å². The minimum atomic E-state index is -0.323. The van der Waals surface area contributed by atoms with Crippen LogP contribution < -0.4 is 15.4 Å². The smallest absolute Gasteiger partial charge is 0.274 e. The Hall–Kier alpha value is -2.60. The van der Waals surface area contributed by atoms with Gasteiger partial charge >= 0.3 is 0 Å². The van der Waals surface area contributed by atoms with Gasteiger partial charge in [0, 0.05) is 18.3 Å². The number of hydrogen-bond acceptors (Lipinski definition) is 5. The summed E-state index contributed by atoms with van der Waals surface area (Å²) in [5.74, 6) is 0.868. The summed E-state index contributed by atoms with van der Waals surface area (Å²) in [4.78, 5) is 20.7. The van der Waals surface area contributed by atoms with E-state index in [1.165, 1.54) is 37.6 Å². The van der Waals surface area contributed by atoms with Crippen LogP contribution in [0.15, 0.2) is 42.2 Å². The molecule has 1 amide bonds. The Balaban J connectivity index is 1.58. The molecular formula is C20H23ClN4O2. The monoisotopic (exact) mass is 386 g/mol. The third-order valence-electron chi connectivity index (χ3n) is 4.45. The highest BCUT2D eigenvalue weighted by molar-refractivity contribution is 6.32. The van der Waals surface area contributed by atoms with Crippen LogP contribution in [-0.2, 0) is 0 Å². The fourth-order valence-corrected chi connectivity index (χ4v) is 3.26. The fourth-order valence-electron chi connectivity index (χ4n) is 3.00. The fraction of sp³-hybridized carbons (Fsp3) is 0.350. The van der Waals surface area contributed by atoms with Crippen LogP contribution in [0.3, 0.4) is 0 Å². The summed E-state index contributed by atoms with van der Waals surface area (Å²) < 4.78 is 5.11. The molecule has 0 spiro atoms. The zero-order valence-corrected chi connectivity index (χ0v) is 16.1. The van der Waals surface area contributed by atoms with E-state index < -0.39 is 0 Å². The second kappa shape index (κ2) is 9.37. The van der Waals surface area contributed by atoms with Crippen molar-refractivity contribution in [1.29, 1.82) is 0 Å². The van der Waals surface area contributed by atoms with Crippen LogP contribution in [-0.4, -0.2) is 29.5 Å². The molecule has 1 heterocycles. The lowest BCUT2D eigenvalue weighted by Crippen LogP contribution is -2.15. The third-order valence-corrected chi connectivity index (χ3v) is 4.74. The average Bonchev–Trinajstić information content (AvgIpc) is 2.69. The van der Waals surface area contributed by atoms with Gasteiger partial charge < -0.3 is 15.4 Å². The van der Waals surface area contributed by atoms with Crippen molar-refractivity contribution in [3.05, 3.63) is 53.0 Å². The van der Waals surface area contributed by atoms with Crippen molar-refractivity contribution in [2.45, 2.75) is 32.1 Å². The predicted molar refractivity (Wildman–Crippen MR) is 108 cm³/mol. The Morgan fingerprint density at radius 3 is 2.89 bits per heavy atom. The standard InChI is InChI=1S/C20H23ClN4O2/c1-27-18-8-7-15(11-16(18)21)25-20(26)17-12-19(24-13-23-17)22-10-9-14-5-3-2-4-6-14/h5,7-8,11-13H,2-4,6,9-10H2,1H3,(H,25,26)(H,22,23,24). The van der Waals surface area contributed by atoms with Crippen LogP contribution in [0.1, 0.15) is 42.6 Å². The maximum Gasteiger partial charge on any atom is 0.274 e. The Bertz CT molecular complexity index is 838. The van der Waals surface area contributed by atoms with Gasteiger partial charge in [0.15, 0.2) is 0 Å². The lowest BCUT2D eigenvalue weighted by molar-refractivity contribution is 0.102. The summed E-state index contributed by atoms with van der Waals surface area (Å²) in [6.07, 6.45) is 9.66. The molecule has 1 aromatic heterocycles. The molecule has 0 aliphatic heterocycles.